The fraction of sp³-hybridized carbons (Fsp3) is 0.312. The molecule has 0 N–H and O–H groups in total. The van der Waals surface area contributed by atoms with Gasteiger partial charge in [0.25, 0.3) is 0 Å². The lowest BCUT2D eigenvalue weighted by molar-refractivity contribution is -0.131. The average molecular weight is 308 g/mol. The predicted molar refractivity (Wildman–Crippen MR) is 85.3 cm³/mol. The molecule has 1 atom stereocenters. The Hall–Kier alpha value is -1.32. The highest BCUT2D eigenvalue weighted by atomic mass is 35.5. The van der Waals surface area contributed by atoms with Gasteiger partial charge in [-0.2, -0.15) is 11.3 Å². The molecule has 20 heavy (non-hydrogen) atoms. The Morgan fingerprint density at radius 1 is 1.40 bits per heavy atom. The van der Waals surface area contributed by atoms with Gasteiger partial charge >= 0.3 is 0 Å². The topological polar surface area (TPSA) is 20.3 Å². The first-order valence-corrected chi connectivity index (χ1v) is 7.92. The van der Waals surface area contributed by atoms with Gasteiger partial charge in [0, 0.05) is 18.5 Å². The number of hydrogen-bond donors (Lipinski definition) is 0. The lowest BCUT2D eigenvalue weighted by Crippen LogP contribution is -2.29. The quantitative estimate of drug-likeness (QED) is 0.793. The molecule has 0 aliphatic heterocycles. The molecule has 0 saturated carbocycles. The average Bonchev–Trinajstić information content (AvgIpc) is 2.96. The van der Waals surface area contributed by atoms with E-state index in [-0.39, 0.29) is 11.9 Å². The van der Waals surface area contributed by atoms with E-state index in [9.17, 15) is 4.79 Å². The van der Waals surface area contributed by atoms with Gasteiger partial charge in [0.15, 0.2) is 0 Å². The van der Waals surface area contributed by atoms with E-state index in [2.05, 4.69) is 11.4 Å². The largest absolute Gasteiger partial charge is 0.339 e. The number of hydrogen-bond acceptors (Lipinski definition) is 2. The van der Waals surface area contributed by atoms with Crippen molar-refractivity contribution in [1.29, 1.82) is 0 Å². The number of nitrogens with zero attached hydrogens (tertiary/aromatic N) is 1. The molecule has 0 aliphatic rings. The Labute approximate surface area is 129 Å². The maximum atomic E-state index is 12.2. The Morgan fingerprint density at radius 2 is 2.20 bits per heavy atom. The van der Waals surface area contributed by atoms with Crippen LogP contribution in [-0.2, 0) is 11.2 Å². The van der Waals surface area contributed by atoms with Crippen LogP contribution in [0.5, 0.6) is 0 Å². The van der Waals surface area contributed by atoms with Crippen molar-refractivity contribution in [2.45, 2.75) is 25.8 Å². The molecule has 2 nitrogen and oxygen atoms in total. The standard InChI is InChI=1S/C16H18ClNOS/c1-12(14-4-3-5-15(17)10-14)18(2)16(19)7-6-13-8-9-20-11-13/h3-5,8-12H,6-7H2,1-2H3. The van der Waals surface area contributed by atoms with Crippen molar-refractivity contribution in [3.05, 3.63) is 57.2 Å². The van der Waals surface area contributed by atoms with Crippen LogP contribution in [0.25, 0.3) is 0 Å². The molecule has 0 saturated heterocycles. The predicted octanol–water partition coefficient (Wildman–Crippen LogP) is 4.55. The van der Waals surface area contributed by atoms with Crippen LogP contribution >= 0.6 is 22.9 Å². The maximum absolute atomic E-state index is 12.2. The first kappa shape index (κ1) is 15.1. The minimum Gasteiger partial charge on any atom is -0.339 e. The molecule has 1 aromatic carbocycles. The molecule has 2 rings (SSSR count). The third-order valence-electron chi connectivity index (χ3n) is 3.51. The molecule has 1 aromatic heterocycles. The van der Waals surface area contributed by atoms with Crippen LogP contribution in [0.3, 0.4) is 0 Å². The summed E-state index contributed by atoms with van der Waals surface area (Å²) >= 11 is 7.66. The number of amides is 1. The van der Waals surface area contributed by atoms with Crippen molar-refractivity contribution in [2.24, 2.45) is 0 Å². The molecule has 2 aromatic rings. The summed E-state index contributed by atoms with van der Waals surface area (Å²) in [6.07, 6.45) is 1.34. The number of aryl methyl sites for hydroxylation is 1. The molecule has 0 bridgehead atoms. The van der Waals surface area contributed by atoms with Crippen LogP contribution < -0.4 is 0 Å². The van der Waals surface area contributed by atoms with Crippen molar-refractivity contribution in [2.75, 3.05) is 7.05 Å². The second-order valence-electron chi connectivity index (χ2n) is 4.87. The van der Waals surface area contributed by atoms with Crippen LogP contribution in [0.2, 0.25) is 5.02 Å². The third kappa shape index (κ3) is 3.84. The van der Waals surface area contributed by atoms with Gasteiger partial charge in [-0.3, -0.25) is 4.79 Å². The summed E-state index contributed by atoms with van der Waals surface area (Å²) < 4.78 is 0. The number of carbonyl (C=O) groups is 1. The van der Waals surface area contributed by atoms with Gasteiger partial charge < -0.3 is 4.90 Å². The molecular weight excluding hydrogens is 290 g/mol. The van der Waals surface area contributed by atoms with Gasteiger partial charge in [0.1, 0.15) is 0 Å². The molecule has 0 radical (unpaired) electrons. The normalized spacial score (nSPS) is 12.2. The summed E-state index contributed by atoms with van der Waals surface area (Å²) in [6, 6.07) is 9.77. The first-order valence-electron chi connectivity index (χ1n) is 6.60. The smallest absolute Gasteiger partial charge is 0.223 e. The van der Waals surface area contributed by atoms with E-state index < -0.39 is 0 Å². The number of carbonyl (C=O) groups excluding carboxylic acids is 1. The van der Waals surface area contributed by atoms with E-state index in [4.69, 9.17) is 11.6 Å². The van der Waals surface area contributed by atoms with Crippen molar-refractivity contribution in [1.82, 2.24) is 4.90 Å². The van der Waals surface area contributed by atoms with E-state index in [1.165, 1.54) is 5.56 Å². The molecule has 1 heterocycles. The fourth-order valence-corrected chi connectivity index (χ4v) is 2.97. The molecule has 1 amide bonds. The zero-order chi connectivity index (χ0) is 14.5. The molecule has 0 spiro atoms. The summed E-state index contributed by atoms with van der Waals surface area (Å²) in [6.45, 7) is 2.02. The molecular formula is C16H18ClNOS. The Kier molecular flexibility index (Phi) is 5.21. The lowest BCUT2D eigenvalue weighted by atomic mass is 10.1. The van der Waals surface area contributed by atoms with E-state index >= 15 is 0 Å². The van der Waals surface area contributed by atoms with Gasteiger partial charge in [-0.1, -0.05) is 23.7 Å². The number of thiophene rings is 1. The summed E-state index contributed by atoms with van der Waals surface area (Å²) in [5.74, 6) is 0.156. The van der Waals surface area contributed by atoms with Gasteiger partial charge in [-0.25, -0.2) is 0 Å². The van der Waals surface area contributed by atoms with Crippen LogP contribution in [-0.4, -0.2) is 17.9 Å². The van der Waals surface area contributed by atoms with Crippen molar-refractivity contribution in [3.8, 4) is 0 Å². The molecule has 0 fully saturated rings. The highest BCUT2D eigenvalue weighted by Crippen LogP contribution is 2.22. The van der Waals surface area contributed by atoms with E-state index in [1.807, 2.05) is 43.6 Å². The minimum atomic E-state index is 0.0312. The number of halogens is 1. The van der Waals surface area contributed by atoms with Crippen LogP contribution in [0.15, 0.2) is 41.1 Å². The van der Waals surface area contributed by atoms with Crippen LogP contribution in [0, 0.1) is 0 Å². The van der Waals surface area contributed by atoms with Crippen molar-refractivity contribution in [3.63, 3.8) is 0 Å². The van der Waals surface area contributed by atoms with Gasteiger partial charge in [-0.15, -0.1) is 0 Å². The monoisotopic (exact) mass is 307 g/mol. The van der Waals surface area contributed by atoms with Crippen molar-refractivity contribution >= 4 is 28.8 Å². The molecule has 0 aliphatic carbocycles. The van der Waals surface area contributed by atoms with Gasteiger partial charge in [-0.05, 0) is 53.4 Å². The zero-order valence-corrected chi connectivity index (χ0v) is 13.2. The Balaban J connectivity index is 1.95. The highest BCUT2D eigenvalue weighted by molar-refractivity contribution is 7.07. The lowest BCUT2D eigenvalue weighted by Gasteiger charge is -2.25. The summed E-state index contributed by atoms with van der Waals surface area (Å²) in [4.78, 5) is 14.0. The van der Waals surface area contributed by atoms with E-state index in [1.54, 1.807) is 16.2 Å². The van der Waals surface area contributed by atoms with E-state index in [0.717, 1.165) is 12.0 Å². The number of rotatable bonds is 5. The highest BCUT2D eigenvalue weighted by Gasteiger charge is 2.17. The van der Waals surface area contributed by atoms with Gasteiger partial charge in [0.2, 0.25) is 5.91 Å². The first-order chi connectivity index (χ1) is 9.58. The minimum absolute atomic E-state index is 0.0312. The summed E-state index contributed by atoms with van der Waals surface area (Å²) in [7, 11) is 1.85. The summed E-state index contributed by atoms with van der Waals surface area (Å²) in [5.41, 5.74) is 2.29. The molecule has 4 heteroatoms. The fourth-order valence-electron chi connectivity index (χ4n) is 2.07. The van der Waals surface area contributed by atoms with Crippen molar-refractivity contribution < 1.29 is 4.79 Å². The Bertz CT molecular complexity index is 568. The molecule has 106 valence electrons. The second kappa shape index (κ2) is 6.91. The number of benzene rings is 1. The van der Waals surface area contributed by atoms with Crippen LogP contribution in [0.1, 0.15) is 30.5 Å². The maximum Gasteiger partial charge on any atom is 0.223 e. The SMILES string of the molecule is CC(c1cccc(Cl)c1)N(C)C(=O)CCc1ccsc1. The second-order valence-corrected chi connectivity index (χ2v) is 6.08. The summed E-state index contributed by atoms with van der Waals surface area (Å²) in [5, 5.41) is 4.83. The van der Waals surface area contributed by atoms with Crippen LogP contribution in [0.4, 0.5) is 0 Å². The molecule has 1 unspecified atom stereocenters. The van der Waals surface area contributed by atoms with Gasteiger partial charge in [0.05, 0.1) is 6.04 Å². The third-order valence-corrected chi connectivity index (χ3v) is 4.48. The Morgan fingerprint density at radius 3 is 2.85 bits per heavy atom. The van der Waals surface area contributed by atoms with E-state index in [0.29, 0.717) is 11.4 Å². The zero-order valence-electron chi connectivity index (χ0n) is 11.7.